The number of benzene rings is 1. The second-order valence-corrected chi connectivity index (χ2v) is 6.93. The molecule has 2 aromatic heterocycles. The second-order valence-electron chi connectivity index (χ2n) is 6.52. The predicted molar refractivity (Wildman–Crippen MR) is 111 cm³/mol. The molecule has 1 aromatic carbocycles. The second kappa shape index (κ2) is 9.99. The number of amides is 1. The fraction of sp³-hybridized carbons (Fsp3) is 0.263. The normalized spacial score (nSPS) is 11.7. The molecule has 11 heteroatoms. The lowest BCUT2D eigenvalue weighted by Gasteiger charge is -2.10. The van der Waals surface area contributed by atoms with Crippen LogP contribution in [0.5, 0.6) is 0 Å². The Morgan fingerprint density at radius 3 is 2.97 bits per heavy atom. The molecule has 2 heterocycles. The van der Waals surface area contributed by atoms with Crippen LogP contribution in [0.1, 0.15) is 12.5 Å². The topological polar surface area (TPSA) is 117 Å². The Kier molecular flexibility index (Phi) is 7.15. The first-order valence-electron chi connectivity index (χ1n) is 9.14. The highest BCUT2D eigenvalue weighted by Gasteiger charge is 2.10. The molecule has 0 bridgehead atoms. The molecule has 0 aliphatic heterocycles. The number of halogens is 2. The lowest BCUT2D eigenvalue weighted by atomic mass is 10.2. The van der Waals surface area contributed by atoms with Gasteiger partial charge in [-0.2, -0.15) is 10.1 Å². The Morgan fingerprint density at radius 1 is 1.37 bits per heavy atom. The van der Waals surface area contributed by atoms with Crippen LogP contribution in [0.25, 0.3) is 0 Å². The van der Waals surface area contributed by atoms with Gasteiger partial charge in [0, 0.05) is 35.6 Å². The van der Waals surface area contributed by atoms with Crippen LogP contribution in [0.2, 0.25) is 5.02 Å². The van der Waals surface area contributed by atoms with E-state index in [1.165, 1.54) is 16.9 Å². The van der Waals surface area contributed by atoms with Crippen molar-refractivity contribution in [2.75, 3.05) is 17.2 Å². The maximum atomic E-state index is 13.9. The maximum Gasteiger partial charge on any atom is 0.242 e. The van der Waals surface area contributed by atoms with Crippen molar-refractivity contribution in [1.82, 2.24) is 25.1 Å². The van der Waals surface area contributed by atoms with E-state index in [2.05, 4.69) is 31.0 Å². The largest absolute Gasteiger partial charge is 0.394 e. The van der Waals surface area contributed by atoms with Gasteiger partial charge >= 0.3 is 0 Å². The van der Waals surface area contributed by atoms with Crippen molar-refractivity contribution in [2.45, 2.75) is 26.1 Å². The van der Waals surface area contributed by atoms with Gasteiger partial charge in [-0.3, -0.25) is 9.48 Å². The lowest BCUT2D eigenvalue weighted by molar-refractivity contribution is -0.122. The molecule has 0 unspecified atom stereocenters. The molecule has 0 aliphatic carbocycles. The van der Waals surface area contributed by atoms with Crippen LogP contribution >= 0.6 is 11.6 Å². The van der Waals surface area contributed by atoms with Gasteiger partial charge < -0.3 is 21.1 Å². The van der Waals surface area contributed by atoms with Gasteiger partial charge in [-0.05, 0) is 25.1 Å². The van der Waals surface area contributed by atoms with Crippen LogP contribution in [-0.2, 0) is 17.9 Å². The third kappa shape index (κ3) is 5.88. The minimum absolute atomic E-state index is 0.0118. The summed E-state index contributed by atoms with van der Waals surface area (Å²) in [5.74, 6) is 0.127. The summed E-state index contributed by atoms with van der Waals surface area (Å²) in [7, 11) is 0. The summed E-state index contributed by atoms with van der Waals surface area (Å²) in [4.78, 5) is 20.3. The Labute approximate surface area is 177 Å². The van der Waals surface area contributed by atoms with Gasteiger partial charge in [-0.15, -0.1) is 0 Å². The van der Waals surface area contributed by atoms with Gasteiger partial charge in [0.15, 0.2) is 0 Å². The standard InChI is InChI=1S/C19H21ClFN7O2/c1-12(11-29)25-18(30)10-28-9-13(7-24-28)26-19-22-6-5-17(27-19)23-8-14-15(20)3-2-4-16(14)21/h2-7,9,12,29H,8,10-11H2,1H3,(H,25,30)(H2,22,23,26,27)/t12-/m1/s1. The first kappa shape index (κ1) is 21.5. The van der Waals surface area contributed by atoms with E-state index in [-0.39, 0.29) is 31.6 Å². The van der Waals surface area contributed by atoms with Crippen LogP contribution in [0.15, 0.2) is 42.9 Å². The minimum atomic E-state index is -0.396. The molecule has 3 rings (SSSR count). The first-order chi connectivity index (χ1) is 14.4. The third-order valence-electron chi connectivity index (χ3n) is 4.04. The predicted octanol–water partition coefficient (Wildman–Crippen LogP) is 2.32. The molecule has 0 saturated heterocycles. The molecule has 0 saturated carbocycles. The number of anilines is 3. The molecule has 158 valence electrons. The summed E-state index contributed by atoms with van der Waals surface area (Å²) < 4.78 is 15.3. The van der Waals surface area contributed by atoms with Gasteiger partial charge in [-0.25, -0.2) is 9.37 Å². The highest BCUT2D eigenvalue weighted by Crippen LogP contribution is 2.20. The summed E-state index contributed by atoms with van der Waals surface area (Å²) in [6.45, 7) is 1.74. The van der Waals surface area contributed by atoms with Crippen LogP contribution in [0.3, 0.4) is 0 Å². The first-order valence-corrected chi connectivity index (χ1v) is 9.52. The number of carbonyl (C=O) groups excluding carboxylic acids is 1. The highest BCUT2D eigenvalue weighted by molar-refractivity contribution is 6.31. The zero-order valence-electron chi connectivity index (χ0n) is 16.1. The number of aliphatic hydroxyl groups is 1. The maximum absolute atomic E-state index is 13.9. The number of aliphatic hydroxyl groups excluding tert-OH is 1. The van der Waals surface area contributed by atoms with Crippen molar-refractivity contribution in [3.8, 4) is 0 Å². The van der Waals surface area contributed by atoms with E-state index in [0.29, 0.717) is 28.0 Å². The number of hydrogen-bond acceptors (Lipinski definition) is 7. The van der Waals surface area contributed by atoms with Gasteiger partial charge in [0.25, 0.3) is 0 Å². The number of aromatic nitrogens is 4. The molecule has 30 heavy (non-hydrogen) atoms. The van der Waals surface area contributed by atoms with E-state index in [9.17, 15) is 9.18 Å². The Balaban J connectivity index is 1.59. The molecule has 4 N–H and O–H groups in total. The number of nitrogens with zero attached hydrogens (tertiary/aromatic N) is 4. The molecular weight excluding hydrogens is 413 g/mol. The van der Waals surface area contributed by atoms with E-state index in [1.54, 1.807) is 37.5 Å². The summed E-state index contributed by atoms with van der Waals surface area (Å²) in [6.07, 6.45) is 4.71. The SMILES string of the molecule is C[C@H](CO)NC(=O)Cn1cc(Nc2nccc(NCc3c(F)cccc3Cl)n2)cn1. The fourth-order valence-corrected chi connectivity index (χ4v) is 2.78. The Morgan fingerprint density at radius 2 is 2.20 bits per heavy atom. The van der Waals surface area contributed by atoms with Crippen LogP contribution in [0, 0.1) is 5.82 Å². The monoisotopic (exact) mass is 433 g/mol. The number of nitrogens with one attached hydrogen (secondary N) is 3. The third-order valence-corrected chi connectivity index (χ3v) is 4.39. The molecule has 0 aliphatic rings. The highest BCUT2D eigenvalue weighted by atomic mass is 35.5. The lowest BCUT2D eigenvalue weighted by Crippen LogP contribution is -2.37. The average Bonchev–Trinajstić information content (AvgIpc) is 3.14. The zero-order valence-corrected chi connectivity index (χ0v) is 16.9. The summed E-state index contributed by atoms with van der Waals surface area (Å²) in [6, 6.07) is 5.84. The van der Waals surface area contributed by atoms with Crippen molar-refractivity contribution < 1.29 is 14.3 Å². The van der Waals surface area contributed by atoms with E-state index in [4.69, 9.17) is 16.7 Å². The summed E-state index contributed by atoms with van der Waals surface area (Å²) in [5.41, 5.74) is 0.940. The van der Waals surface area contributed by atoms with Gasteiger partial charge in [0.2, 0.25) is 11.9 Å². The molecule has 3 aromatic rings. The minimum Gasteiger partial charge on any atom is -0.394 e. The number of rotatable bonds is 9. The molecule has 1 amide bonds. The van der Waals surface area contributed by atoms with Crippen molar-refractivity contribution >= 4 is 35.0 Å². The van der Waals surface area contributed by atoms with Crippen LogP contribution < -0.4 is 16.0 Å². The van der Waals surface area contributed by atoms with Crippen molar-refractivity contribution in [2.24, 2.45) is 0 Å². The van der Waals surface area contributed by atoms with Crippen LogP contribution in [0.4, 0.5) is 21.8 Å². The van der Waals surface area contributed by atoms with Gasteiger partial charge in [-0.1, -0.05) is 17.7 Å². The van der Waals surface area contributed by atoms with Crippen LogP contribution in [-0.4, -0.2) is 43.4 Å². The average molecular weight is 434 g/mol. The van der Waals surface area contributed by atoms with Gasteiger partial charge in [0.1, 0.15) is 18.2 Å². The summed E-state index contributed by atoms with van der Waals surface area (Å²) >= 11 is 6.03. The molecule has 1 atom stereocenters. The molecule has 0 fully saturated rings. The molecule has 0 spiro atoms. The molecule has 9 nitrogen and oxygen atoms in total. The molecular formula is C19H21ClFN7O2. The van der Waals surface area contributed by atoms with E-state index < -0.39 is 5.82 Å². The van der Waals surface area contributed by atoms with Crippen molar-refractivity contribution in [3.05, 3.63) is 59.3 Å². The van der Waals surface area contributed by atoms with Crippen molar-refractivity contribution in [3.63, 3.8) is 0 Å². The van der Waals surface area contributed by atoms with Gasteiger partial charge in [0.05, 0.1) is 18.5 Å². The quantitative estimate of drug-likeness (QED) is 0.409. The van der Waals surface area contributed by atoms with E-state index in [1.807, 2.05) is 0 Å². The number of hydrogen-bond donors (Lipinski definition) is 4. The zero-order chi connectivity index (χ0) is 21.5. The smallest absolute Gasteiger partial charge is 0.242 e. The fourth-order valence-electron chi connectivity index (χ4n) is 2.55. The summed E-state index contributed by atoms with van der Waals surface area (Å²) in [5, 5.41) is 22.1. The van der Waals surface area contributed by atoms with Crippen molar-refractivity contribution in [1.29, 1.82) is 0 Å². The Hall–Kier alpha value is -3.24. The number of carbonyl (C=O) groups is 1. The van der Waals surface area contributed by atoms with E-state index >= 15 is 0 Å². The van der Waals surface area contributed by atoms with E-state index in [0.717, 1.165) is 0 Å². The molecule has 0 radical (unpaired) electrons. The Bertz CT molecular complexity index is 994.